The minimum Gasteiger partial charge on any atom is -0.378 e. The summed E-state index contributed by atoms with van der Waals surface area (Å²) in [5.74, 6) is 0.901. The molecule has 7 nitrogen and oxygen atoms in total. The van der Waals surface area contributed by atoms with Gasteiger partial charge in [-0.25, -0.2) is 4.68 Å². The van der Waals surface area contributed by atoms with Crippen LogP contribution in [0.3, 0.4) is 0 Å². The van der Waals surface area contributed by atoms with Gasteiger partial charge in [0.25, 0.3) is 0 Å². The van der Waals surface area contributed by atoms with E-state index in [1.54, 1.807) is 16.4 Å². The van der Waals surface area contributed by atoms with Gasteiger partial charge in [-0.05, 0) is 37.1 Å². The number of thioether (sulfide) groups is 1. The summed E-state index contributed by atoms with van der Waals surface area (Å²) in [5.41, 5.74) is 11.4. The van der Waals surface area contributed by atoms with Gasteiger partial charge in [-0.15, -0.1) is 5.10 Å². The number of nitrogens with zero attached hydrogens (tertiary/aromatic N) is 4. The van der Waals surface area contributed by atoms with Crippen molar-refractivity contribution in [2.75, 3.05) is 24.3 Å². The molecule has 8 heteroatoms. The van der Waals surface area contributed by atoms with Crippen LogP contribution in [-0.4, -0.2) is 34.8 Å². The van der Waals surface area contributed by atoms with Gasteiger partial charge in [0, 0.05) is 31.2 Å². The van der Waals surface area contributed by atoms with E-state index in [-0.39, 0.29) is 0 Å². The second-order valence-electron chi connectivity index (χ2n) is 7.85. The summed E-state index contributed by atoms with van der Waals surface area (Å²) in [6.45, 7) is 3.92. The Morgan fingerprint density at radius 1 is 1.13 bits per heavy atom. The number of hydrogen-bond donors (Lipinski definition) is 2. The molecule has 0 radical (unpaired) electrons. The van der Waals surface area contributed by atoms with Crippen LogP contribution in [0.25, 0.3) is 0 Å². The molecule has 31 heavy (non-hydrogen) atoms. The third kappa shape index (κ3) is 4.29. The number of carbonyl (C=O) groups excluding carboxylic acids is 1. The van der Waals surface area contributed by atoms with Crippen molar-refractivity contribution in [2.45, 2.75) is 30.8 Å². The molecular weight excluding hydrogens is 408 g/mol. The minimum atomic E-state index is -0.471. The van der Waals surface area contributed by atoms with Gasteiger partial charge in [0.1, 0.15) is 6.04 Å². The monoisotopic (exact) mass is 434 g/mol. The Labute approximate surface area is 186 Å². The minimum absolute atomic E-state index is 0.425. The van der Waals surface area contributed by atoms with Gasteiger partial charge in [0.05, 0.1) is 5.57 Å². The van der Waals surface area contributed by atoms with E-state index >= 15 is 0 Å². The maximum atomic E-state index is 12.3. The smallest absolute Gasteiger partial charge is 0.248 e. The van der Waals surface area contributed by atoms with Crippen LogP contribution in [0, 0.1) is 6.92 Å². The summed E-state index contributed by atoms with van der Waals surface area (Å²) >= 11 is 1.56. The van der Waals surface area contributed by atoms with Crippen LogP contribution < -0.4 is 16.0 Å². The highest BCUT2D eigenvalue weighted by molar-refractivity contribution is 7.98. The lowest BCUT2D eigenvalue weighted by molar-refractivity contribution is -0.115. The number of allylic oxidation sites excluding steroid dienone is 1. The van der Waals surface area contributed by atoms with E-state index in [4.69, 9.17) is 10.8 Å². The van der Waals surface area contributed by atoms with Crippen molar-refractivity contribution in [2.24, 2.45) is 5.73 Å². The SMILES string of the molecule is CC1=C(C(N)=O)C(c2ccc(N(C)C)cc2)n2nc(SCc3ccc(C)cc3)nc2N1. The van der Waals surface area contributed by atoms with Crippen LogP contribution in [0.4, 0.5) is 11.6 Å². The molecule has 2 aromatic carbocycles. The zero-order valence-corrected chi connectivity index (χ0v) is 18.9. The van der Waals surface area contributed by atoms with Crippen LogP contribution in [-0.2, 0) is 10.5 Å². The van der Waals surface area contributed by atoms with Gasteiger partial charge in [0.2, 0.25) is 17.0 Å². The van der Waals surface area contributed by atoms with Crippen molar-refractivity contribution in [1.82, 2.24) is 14.8 Å². The Hall–Kier alpha value is -3.26. The van der Waals surface area contributed by atoms with E-state index in [2.05, 4.69) is 41.5 Å². The van der Waals surface area contributed by atoms with E-state index < -0.39 is 11.9 Å². The highest BCUT2D eigenvalue weighted by atomic mass is 32.2. The third-order valence-corrected chi connectivity index (χ3v) is 6.22. The Morgan fingerprint density at radius 2 is 1.81 bits per heavy atom. The fourth-order valence-electron chi connectivity index (χ4n) is 3.61. The first-order valence-corrected chi connectivity index (χ1v) is 11.0. The van der Waals surface area contributed by atoms with Crippen molar-refractivity contribution in [3.05, 3.63) is 76.5 Å². The molecule has 4 rings (SSSR count). The zero-order chi connectivity index (χ0) is 22.1. The Balaban J connectivity index is 1.67. The number of nitrogens with two attached hydrogens (primary N) is 1. The summed E-state index contributed by atoms with van der Waals surface area (Å²) in [6.07, 6.45) is 0. The number of carbonyl (C=O) groups is 1. The number of primary amides is 1. The molecule has 0 aliphatic carbocycles. The molecule has 1 aliphatic heterocycles. The van der Waals surface area contributed by atoms with E-state index in [1.807, 2.05) is 50.2 Å². The lowest BCUT2D eigenvalue weighted by atomic mass is 9.95. The molecule has 2 heterocycles. The number of aryl methyl sites for hydroxylation is 1. The molecule has 3 aromatic rings. The molecule has 0 fully saturated rings. The first-order valence-electron chi connectivity index (χ1n) is 10.0. The number of aromatic nitrogens is 3. The number of amides is 1. The third-order valence-electron chi connectivity index (χ3n) is 5.31. The van der Waals surface area contributed by atoms with Crippen molar-refractivity contribution < 1.29 is 4.79 Å². The van der Waals surface area contributed by atoms with Gasteiger partial charge in [-0.3, -0.25) is 4.79 Å². The van der Waals surface area contributed by atoms with Crippen molar-refractivity contribution >= 4 is 29.3 Å². The summed E-state index contributed by atoms with van der Waals surface area (Å²) in [4.78, 5) is 19.0. The number of benzene rings is 2. The van der Waals surface area contributed by atoms with Crippen molar-refractivity contribution in [1.29, 1.82) is 0 Å². The molecule has 3 N–H and O–H groups in total. The molecule has 1 aliphatic rings. The van der Waals surface area contributed by atoms with E-state index in [9.17, 15) is 4.79 Å². The Bertz CT molecular complexity index is 1130. The number of nitrogens with one attached hydrogen (secondary N) is 1. The molecule has 160 valence electrons. The highest BCUT2D eigenvalue weighted by Crippen LogP contribution is 2.36. The first kappa shape index (κ1) is 21.0. The maximum absolute atomic E-state index is 12.3. The second-order valence-corrected chi connectivity index (χ2v) is 8.80. The van der Waals surface area contributed by atoms with Gasteiger partial charge < -0.3 is 16.0 Å². The lowest BCUT2D eigenvalue weighted by Gasteiger charge is -2.28. The van der Waals surface area contributed by atoms with Crippen molar-refractivity contribution in [3.8, 4) is 0 Å². The summed E-state index contributed by atoms with van der Waals surface area (Å²) in [7, 11) is 3.98. The highest BCUT2D eigenvalue weighted by Gasteiger charge is 2.33. The van der Waals surface area contributed by atoms with Gasteiger partial charge in [-0.1, -0.05) is 53.7 Å². The Kier molecular flexibility index (Phi) is 5.73. The Morgan fingerprint density at radius 3 is 2.42 bits per heavy atom. The molecule has 0 spiro atoms. The fourth-order valence-corrected chi connectivity index (χ4v) is 4.39. The van der Waals surface area contributed by atoms with E-state index in [0.717, 1.165) is 17.0 Å². The second kappa shape index (κ2) is 8.47. The standard InChI is InChI=1S/C23H26N6OS/c1-14-5-7-16(8-6-14)13-31-23-26-22-25-15(2)19(21(24)30)20(29(22)27-23)17-9-11-18(12-10-17)28(3)4/h5-12,20H,13H2,1-4H3,(H2,24,30)(H,25,26,27). The zero-order valence-electron chi connectivity index (χ0n) is 18.1. The van der Waals surface area contributed by atoms with Crippen LogP contribution in [0.15, 0.2) is 65.0 Å². The van der Waals surface area contributed by atoms with Gasteiger partial charge in [0.15, 0.2) is 0 Å². The molecule has 1 atom stereocenters. The largest absolute Gasteiger partial charge is 0.378 e. The van der Waals surface area contributed by atoms with Crippen LogP contribution >= 0.6 is 11.8 Å². The van der Waals surface area contributed by atoms with Gasteiger partial charge >= 0.3 is 0 Å². The van der Waals surface area contributed by atoms with E-state index in [1.165, 1.54) is 11.1 Å². The molecule has 0 saturated carbocycles. The molecule has 1 aromatic heterocycles. The van der Waals surface area contributed by atoms with E-state index in [0.29, 0.717) is 22.4 Å². The number of hydrogen-bond acceptors (Lipinski definition) is 6. The van der Waals surface area contributed by atoms with Crippen LogP contribution in [0.5, 0.6) is 0 Å². The summed E-state index contributed by atoms with van der Waals surface area (Å²) < 4.78 is 1.76. The van der Waals surface area contributed by atoms with Crippen LogP contribution in [0.2, 0.25) is 0 Å². The molecule has 0 saturated heterocycles. The van der Waals surface area contributed by atoms with Gasteiger partial charge in [-0.2, -0.15) is 4.98 Å². The lowest BCUT2D eigenvalue weighted by Crippen LogP contribution is -2.31. The maximum Gasteiger partial charge on any atom is 0.248 e. The molecule has 1 amide bonds. The van der Waals surface area contributed by atoms with Crippen LogP contribution in [0.1, 0.15) is 29.7 Å². The average molecular weight is 435 g/mol. The normalized spacial score (nSPS) is 15.4. The summed E-state index contributed by atoms with van der Waals surface area (Å²) in [6, 6.07) is 16.1. The first-order chi connectivity index (χ1) is 14.8. The number of fused-ring (bicyclic) bond motifs is 1. The quantitative estimate of drug-likeness (QED) is 0.575. The molecule has 0 bridgehead atoms. The molecular formula is C23H26N6OS. The predicted molar refractivity (Wildman–Crippen MR) is 125 cm³/mol. The van der Waals surface area contributed by atoms with Crippen molar-refractivity contribution in [3.63, 3.8) is 0 Å². The fraction of sp³-hybridized carbons (Fsp3) is 0.261. The molecule has 1 unspecified atom stereocenters. The number of anilines is 2. The topological polar surface area (TPSA) is 89.1 Å². The summed E-state index contributed by atoms with van der Waals surface area (Å²) in [5, 5.41) is 8.56. The number of rotatable bonds is 6. The average Bonchev–Trinajstić information content (AvgIpc) is 3.14. The predicted octanol–water partition coefficient (Wildman–Crippen LogP) is 3.72.